The van der Waals surface area contributed by atoms with Gasteiger partial charge >= 0.3 is 0 Å². The number of hydrogen-bond acceptors (Lipinski definition) is 1. The highest BCUT2D eigenvalue weighted by atomic mass is 16.2. The Morgan fingerprint density at radius 1 is 0.370 bits per heavy atom. The first kappa shape index (κ1) is 26.7. The first-order chi connectivity index (χ1) is 13.4. The number of unbranched alkanes of at least 4 members (excludes halogenated alkanes) is 22. The van der Waals surface area contributed by atoms with Gasteiger partial charge in [0, 0.05) is 6.61 Å². The molecule has 0 fully saturated rings. The van der Waals surface area contributed by atoms with Crippen molar-refractivity contribution in [3.63, 3.8) is 0 Å². The standard InChI is InChI=1S/C26H52O/c1-2-3-4-5-6-7-8-9-10-11-12-13-14-15-16-17-18-19-20-21-22-23-24-25-26-27/h2,27H,1,3-26H2. The highest BCUT2D eigenvalue weighted by Gasteiger charge is 1.95. The predicted molar refractivity (Wildman–Crippen MR) is 123 cm³/mol. The summed E-state index contributed by atoms with van der Waals surface area (Å²) in [6.07, 6.45) is 34.1. The molecule has 1 heteroatoms. The second kappa shape index (κ2) is 25.7. The quantitative estimate of drug-likeness (QED) is 0.131. The van der Waals surface area contributed by atoms with Gasteiger partial charge in [0.15, 0.2) is 0 Å². The lowest BCUT2D eigenvalue weighted by molar-refractivity contribution is 0.282. The molecule has 0 aliphatic carbocycles. The summed E-state index contributed by atoms with van der Waals surface area (Å²) < 4.78 is 0. The van der Waals surface area contributed by atoms with E-state index in [4.69, 9.17) is 5.11 Å². The Bertz CT molecular complexity index is 261. The smallest absolute Gasteiger partial charge is 0.0431 e. The molecule has 0 radical (unpaired) electrons. The maximum atomic E-state index is 8.74. The second-order valence-corrected chi connectivity index (χ2v) is 8.58. The van der Waals surface area contributed by atoms with Crippen LogP contribution in [0.1, 0.15) is 148 Å². The molecule has 0 amide bonds. The van der Waals surface area contributed by atoms with Crippen molar-refractivity contribution in [2.45, 2.75) is 148 Å². The topological polar surface area (TPSA) is 20.2 Å². The van der Waals surface area contributed by atoms with Crippen molar-refractivity contribution in [2.75, 3.05) is 6.61 Å². The minimum atomic E-state index is 0.372. The highest BCUT2D eigenvalue weighted by Crippen LogP contribution is 2.15. The Labute approximate surface area is 172 Å². The Kier molecular flexibility index (Phi) is 25.4. The fourth-order valence-corrected chi connectivity index (χ4v) is 3.94. The fraction of sp³-hybridized carbons (Fsp3) is 0.923. The number of aliphatic hydroxyl groups is 1. The van der Waals surface area contributed by atoms with Gasteiger partial charge in [-0.05, 0) is 19.3 Å². The van der Waals surface area contributed by atoms with Crippen LogP contribution in [0.25, 0.3) is 0 Å². The third kappa shape index (κ3) is 25.7. The van der Waals surface area contributed by atoms with Crippen molar-refractivity contribution in [2.24, 2.45) is 0 Å². The van der Waals surface area contributed by atoms with Crippen molar-refractivity contribution in [1.82, 2.24) is 0 Å². The molecular formula is C26H52O. The predicted octanol–water partition coefficient (Wildman–Crippen LogP) is 9.14. The molecule has 0 bridgehead atoms. The zero-order valence-electron chi connectivity index (χ0n) is 18.7. The van der Waals surface area contributed by atoms with Crippen LogP contribution in [-0.2, 0) is 0 Å². The van der Waals surface area contributed by atoms with Crippen molar-refractivity contribution < 1.29 is 5.11 Å². The summed E-state index contributed by atoms with van der Waals surface area (Å²) in [5.74, 6) is 0. The molecule has 0 aliphatic rings. The van der Waals surface area contributed by atoms with Crippen molar-refractivity contribution in [1.29, 1.82) is 0 Å². The summed E-state index contributed by atoms with van der Waals surface area (Å²) in [5, 5.41) is 8.74. The number of rotatable bonds is 24. The first-order valence-electron chi connectivity index (χ1n) is 12.6. The maximum absolute atomic E-state index is 8.74. The van der Waals surface area contributed by atoms with Crippen LogP contribution in [0.4, 0.5) is 0 Å². The minimum absolute atomic E-state index is 0.372. The Morgan fingerprint density at radius 2 is 0.593 bits per heavy atom. The van der Waals surface area contributed by atoms with Crippen LogP contribution in [0.2, 0.25) is 0 Å². The van der Waals surface area contributed by atoms with E-state index >= 15 is 0 Å². The Hall–Kier alpha value is -0.300. The summed E-state index contributed by atoms with van der Waals surface area (Å²) in [6, 6.07) is 0. The maximum Gasteiger partial charge on any atom is 0.0431 e. The SMILES string of the molecule is C=CCCCCCCCCCCCCCCCCCCCCCCCCO. The number of allylic oxidation sites excluding steroid dienone is 1. The van der Waals surface area contributed by atoms with E-state index < -0.39 is 0 Å². The third-order valence-electron chi connectivity index (χ3n) is 5.82. The molecule has 0 saturated carbocycles. The normalized spacial score (nSPS) is 11.1. The van der Waals surface area contributed by atoms with E-state index in [0.717, 1.165) is 6.42 Å². The number of aliphatic hydroxyl groups excluding tert-OH is 1. The molecule has 0 aromatic carbocycles. The summed E-state index contributed by atoms with van der Waals surface area (Å²) in [5.41, 5.74) is 0. The molecule has 0 rings (SSSR count). The average molecular weight is 381 g/mol. The van der Waals surface area contributed by atoms with E-state index in [9.17, 15) is 0 Å². The molecule has 162 valence electrons. The molecule has 0 aromatic rings. The van der Waals surface area contributed by atoms with Gasteiger partial charge in [0.05, 0.1) is 0 Å². The van der Waals surface area contributed by atoms with E-state index in [1.165, 1.54) is 141 Å². The zero-order chi connectivity index (χ0) is 19.7. The van der Waals surface area contributed by atoms with Crippen molar-refractivity contribution in [3.05, 3.63) is 12.7 Å². The van der Waals surface area contributed by atoms with Crippen LogP contribution in [0.15, 0.2) is 12.7 Å². The molecule has 27 heavy (non-hydrogen) atoms. The molecule has 0 aliphatic heterocycles. The van der Waals surface area contributed by atoms with Crippen molar-refractivity contribution >= 4 is 0 Å². The summed E-state index contributed by atoms with van der Waals surface area (Å²) >= 11 is 0. The van der Waals surface area contributed by atoms with Gasteiger partial charge in [-0.1, -0.05) is 134 Å². The van der Waals surface area contributed by atoms with Crippen LogP contribution in [0, 0.1) is 0 Å². The molecule has 0 aromatic heterocycles. The van der Waals surface area contributed by atoms with Crippen LogP contribution in [0.3, 0.4) is 0 Å². The Balaban J connectivity index is 2.96. The summed E-state index contributed by atoms with van der Waals surface area (Å²) in [7, 11) is 0. The molecule has 0 saturated heterocycles. The molecule has 0 atom stereocenters. The van der Waals surface area contributed by atoms with Gasteiger partial charge < -0.3 is 5.11 Å². The van der Waals surface area contributed by atoms with Crippen LogP contribution in [-0.4, -0.2) is 11.7 Å². The summed E-state index contributed by atoms with van der Waals surface area (Å²) in [6.45, 7) is 4.15. The lowest BCUT2D eigenvalue weighted by Gasteiger charge is -2.04. The van der Waals surface area contributed by atoms with Gasteiger partial charge in [0.1, 0.15) is 0 Å². The average Bonchev–Trinajstić information content (AvgIpc) is 2.68. The van der Waals surface area contributed by atoms with Gasteiger partial charge in [0.2, 0.25) is 0 Å². The summed E-state index contributed by atoms with van der Waals surface area (Å²) in [4.78, 5) is 0. The van der Waals surface area contributed by atoms with E-state index in [0.29, 0.717) is 6.61 Å². The molecule has 0 heterocycles. The van der Waals surface area contributed by atoms with Crippen LogP contribution < -0.4 is 0 Å². The number of hydrogen-bond donors (Lipinski definition) is 1. The molecular weight excluding hydrogens is 328 g/mol. The lowest BCUT2D eigenvalue weighted by atomic mass is 10.0. The van der Waals surface area contributed by atoms with E-state index in [1.54, 1.807) is 0 Å². The minimum Gasteiger partial charge on any atom is -0.396 e. The van der Waals surface area contributed by atoms with Gasteiger partial charge in [-0.2, -0.15) is 0 Å². The molecule has 1 N–H and O–H groups in total. The second-order valence-electron chi connectivity index (χ2n) is 8.58. The van der Waals surface area contributed by atoms with Gasteiger partial charge in [-0.15, -0.1) is 6.58 Å². The molecule has 0 unspecified atom stereocenters. The van der Waals surface area contributed by atoms with Gasteiger partial charge in [-0.3, -0.25) is 0 Å². The van der Waals surface area contributed by atoms with Crippen LogP contribution >= 0.6 is 0 Å². The van der Waals surface area contributed by atoms with Gasteiger partial charge in [0.25, 0.3) is 0 Å². The fourth-order valence-electron chi connectivity index (χ4n) is 3.94. The third-order valence-corrected chi connectivity index (χ3v) is 5.82. The first-order valence-corrected chi connectivity index (χ1v) is 12.6. The lowest BCUT2D eigenvalue weighted by Crippen LogP contribution is -1.85. The monoisotopic (exact) mass is 380 g/mol. The van der Waals surface area contributed by atoms with E-state index in [2.05, 4.69) is 6.58 Å². The Morgan fingerprint density at radius 3 is 0.815 bits per heavy atom. The van der Waals surface area contributed by atoms with Crippen LogP contribution in [0.5, 0.6) is 0 Å². The molecule has 0 spiro atoms. The largest absolute Gasteiger partial charge is 0.396 e. The van der Waals surface area contributed by atoms with Gasteiger partial charge in [-0.25, -0.2) is 0 Å². The van der Waals surface area contributed by atoms with E-state index in [1.807, 2.05) is 6.08 Å². The highest BCUT2D eigenvalue weighted by molar-refractivity contribution is 4.65. The zero-order valence-corrected chi connectivity index (χ0v) is 18.7. The van der Waals surface area contributed by atoms with Crippen molar-refractivity contribution in [3.8, 4) is 0 Å². The van der Waals surface area contributed by atoms with E-state index in [-0.39, 0.29) is 0 Å². The molecule has 1 nitrogen and oxygen atoms in total.